The molecule has 0 bridgehead atoms. The van der Waals surface area contributed by atoms with Crippen molar-refractivity contribution < 1.29 is 14.7 Å². The summed E-state index contributed by atoms with van der Waals surface area (Å²) in [7, 11) is 0. The molecule has 0 spiro atoms. The molecule has 0 unspecified atom stereocenters. The van der Waals surface area contributed by atoms with Crippen LogP contribution in [0.15, 0.2) is 24.3 Å². The second-order valence-corrected chi connectivity index (χ2v) is 4.12. The van der Waals surface area contributed by atoms with Gasteiger partial charge in [-0.2, -0.15) is 0 Å². The summed E-state index contributed by atoms with van der Waals surface area (Å²) in [6, 6.07) is 5.89. The van der Waals surface area contributed by atoms with E-state index >= 15 is 0 Å². The van der Waals surface area contributed by atoms with Gasteiger partial charge in [-0.15, -0.1) is 0 Å². The Bertz CT molecular complexity index is 415. The number of benzene rings is 1. The van der Waals surface area contributed by atoms with E-state index in [2.05, 4.69) is 5.32 Å². The van der Waals surface area contributed by atoms with Crippen LogP contribution in [-0.4, -0.2) is 23.0 Å². The molecular formula is C13H18N2O3. The van der Waals surface area contributed by atoms with Gasteiger partial charge in [0.1, 0.15) is 0 Å². The van der Waals surface area contributed by atoms with Crippen molar-refractivity contribution in [1.82, 2.24) is 5.32 Å². The number of nitrogens with one attached hydrogen (secondary N) is 1. The van der Waals surface area contributed by atoms with Crippen molar-refractivity contribution in [1.29, 1.82) is 0 Å². The number of carbonyl (C=O) groups is 2. The average Bonchev–Trinajstić information content (AvgIpc) is 2.36. The number of carboxylic acid groups (broad SMARTS) is 1. The molecule has 5 nitrogen and oxygen atoms in total. The van der Waals surface area contributed by atoms with Crippen molar-refractivity contribution in [3.05, 3.63) is 35.4 Å². The van der Waals surface area contributed by atoms with Crippen molar-refractivity contribution in [3.63, 3.8) is 0 Å². The quantitative estimate of drug-likeness (QED) is 0.705. The standard InChI is InChI=1S/C13H18N2O3/c1-2-3-11(14)12(16)15-8-9-4-6-10(7-5-9)13(17)18/h4-7,11H,2-3,8,14H2,1H3,(H,15,16)(H,17,18)/t11-/m0/s1. The van der Waals surface area contributed by atoms with Crippen LogP contribution in [0.2, 0.25) is 0 Å². The monoisotopic (exact) mass is 250 g/mol. The third-order valence-electron chi connectivity index (χ3n) is 2.60. The van der Waals surface area contributed by atoms with E-state index in [1.165, 1.54) is 12.1 Å². The normalized spacial score (nSPS) is 11.9. The van der Waals surface area contributed by atoms with Gasteiger partial charge in [-0.3, -0.25) is 4.79 Å². The van der Waals surface area contributed by atoms with Crippen LogP contribution in [0, 0.1) is 0 Å². The van der Waals surface area contributed by atoms with E-state index in [1.54, 1.807) is 12.1 Å². The van der Waals surface area contributed by atoms with Gasteiger partial charge in [-0.1, -0.05) is 25.5 Å². The molecule has 0 aliphatic heterocycles. The summed E-state index contributed by atoms with van der Waals surface area (Å²) in [6.45, 7) is 2.33. The van der Waals surface area contributed by atoms with Crippen molar-refractivity contribution in [2.45, 2.75) is 32.4 Å². The minimum atomic E-state index is -0.962. The smallest absolute Gasteiger partial charge is 0.335 e. The van der Waals surface area contributed by atoms with Crippen LogP contribution in [0.3, 0.4) is 0 Å². The summed E-state index contributed by atoms with van der Waals surface area (Å²) in [5, 5.41) is 11.5. The summed E-state index contributed by atoms with van der Waals surface area (Å²) in [4.78, 5) is 22.2. The van der Waals surface area contributed by atoms with Gasteiger partial charge in [0.2, 0.25) is 5.91 Å². The number of hydrogen-bond donors (Lipinski definition) is 3. The topological polar surface area (TPSA) is 92.4 Å². The van der Waals surface area contributed by atoms with Gasteiger partial charge < -0.3 is 16.2 Å². The Morgan fingerprint density at radius 1 is 1.33 bits per heavy atom. The molecule has 1 amide bonds. The molecule has 98 valence electrons. The fraction of sp³-hybridized carbons (Fsp3) is 0.385. The van der Waals surface area contributed by atoms with Crippen LogP contribution in [0.1, 0.15) is 35.7 Å². The van der Waals surface area contributed by atoms with E-state index in [9.17, 15) is 9.59 Å². The SMILES string of the molecule is CCC[C@H](N)C(=O)NCc1ccc(C(=O)O)cc1. The molecule has 0 saturated carbocycles. The molecule has 1 aromatic rings. The summed E-state index contributed by atoms with van der Waals surface area (Å²) in [6.07, 6.45) is 1.52. The summed E-state index contributed by atoms with van der Waals surface area (Å²) < 4.78 is 0. The molecule has 0 radical (unpaired) electrons. The maximum atomic E-state index is 11.6. The lowest BCUT2D eigenvalue weighted by Crippen LogP contribution is -2.40. The zero-order valence-corrected chi connectivity index (χ0v) is 10.3. The van der Waals surface area contributed by atoms with Crippen LogP contribution in [0.25, 0.3) is 0 Å². The average molecular weight is 250 g/mol. The van der Waals surface area contributed by atoms with E-state index in [0.717, 1.165) is 12.0 Å². The van der Waals surface area contributed by atoms with Gasteiger partial charge in [0.25, 0.3) is 0 Å². The first-order chi connectivity index (χ1) is 8.54. The van der Waals surface area contributed by atoms with Crippen LogP contribution >= 0.6 is 0 Å². The maximum Gasteiger partial charge on any atom is 0.335 e. The second kappa shape index (κ2) is 6.76. The first-order valence-corrected chi connectivity index (χ1v) is 5.90. The highest BCUT2D eigenvalue weighted by atomic mass is 16.4. The number of aromatic carboxylic acids is 1. The number of carbonyl (C=O) groups excluding carboxylic acids is 1. The van der Waals surface area contributed by atoms with Gasteiger partial charge in [-0.25, -0.2) is 4.79 Å². The maximum absolute atomic E-state index is 11.6. The Balaban J connectivity index is 2.48. The highest BCUT2D eigenvalue weighted by molar-refractivity contribution is 5.87. The van der Waals surface area contributed by atoms with Gasteiger partial charge in [0.15, 0.2) is 0 Å². The molecule has 1 aromatic carbocycles. The molecule has 0 aromatic heterocycles. The zero-order valence-electron chi connectivity index (χ0n) is 10.3. The number of hydrogen-bond acceptors (Lipinski definition) is 3. The highest BCUT2D eigenvalue weighted by Gasteiger charge is 2.11. The highest BCUT2D eigenvalue weighted by Crippen LogP contribution is 2.04. The van der Waals surface area contributed by atoms with Crippen molar-refractivity contribution >= 4 is 11.9 Å². The molecule has 0 aliphatic rings. The lowest BCUT2D eigenvalue weighted by atomic mass is 10.1. The van der Waals surface area contributed by atoms with Gasteiger partial charge in [-0.05, 0) is 24.1 Å². The van der Waals surface area contributed by atoms with Crippen LogP contribution in [0.4, 0.5) is 0 Å². The molecule has 5 heteroatoms. The molecule has 1 atom stereocenters. The molecule has 0 heterocycles. The Kier molecular flexibility index (Phi) is 5.32. The number of amides is 1. The summed E-state index contributed by atoms with van der Waals surface area (Å²) in [5.74, 6) is -1.14. The fourth-order valence-electron chi connectivity index (χ4n) is 1.53. The molecule has 0 saturated heterocycles. The fourth-order valence-corrected chi connectivity index (χ4v) is 1.53. The molecular weight excluding hydrogens is 232 g/mol. The van der Waals surface area contributed by atoms with Gasteiger partial charge >= 0.3 is 5.97 Å². The lowest BCUT2D eigenvalue weighted by Gasteiger charge is -2.11. The summed E-state index contributed by atoms with van der Waals surface area (Å²) >= 11 is 0. The Morgan fingerprint density at radius 3 is 2.44 bits per heavy atom. The Hall–Kier alpha value is -1.88. The van der Waals surface area contributed by atoms with E-state index < -0.39 is 12.0 Å². The van der Waals surface area contributed by atoms with Gasteiger partial charge in [0.05, 0.1) is 11.6 Å². The first kappa shape index (κ1) is 14.2. The van der Waals surface area contributed by atoms with Crippen molar-refractivity contribution in [2.75, 3.05) is 0 Å². The Morgan fingerprint density at radius 2 is 1.94 bits per heavy atom. The molecule has 0 fully saturated rings. The minimum Gasteiger partial charge on any atom is -0.478 e. The van der Waals surface area contributed by atoms with Crippen molar-refractivity contribution in [2.24, 2.45) is 5.73 Å². The van der Waals surface area contributed by atoms with Gasteiger partial charge in [0, 0.05) is 6.54 Å². The molecule has 18 heavy (non-hydrogen) atoms. The van der Waals surface area contributed by atoms with Crippen LogP contribution in [0.5, 0.6) is 0 Å². The predicted octanol–water partition coefficient (Wildman–Crippen LogP) is 1.13. The Labute approximate surface area is 106 Å². The first-order valence-electron chi connectivity index (χ1n) is 5.90. The third-order valence-corrected chi connectivity index (χ3v) is 2.60. The van der Waals surface area contributed by atoms with E-state index in [-0.39, 0.29) is 11.5 Å². The molecule has 4 N–H and O–H groups in total. The predicted molar refractivity (Wildman–Crippen MR) is 68.1 cm³/mol. The van der Waals surface area contributed by atoms with Crippen molar-refractivity contribution in [3.8, 4) is 0 Å². The molecule has 0 aliphatic carbocycles. The minimum absolute atomic E-state index is 0.181. The third kappa shape index (κ3) is 4.18. The van der Waals surface area contributed by atoms with E-state index in [0.29, 0.717) is 13.0 Å². The van der Waals surface area contributed by atoms with Crippen LogP contribution < -0.4 is 11.1 Å². The van der Waals surface area contributed by atoms with Crippen LogP contribution in [-0.2, 0) is 11.3 Å². The largest absolute Gasteiger partial charge is 0.478 e. The number of rotatable bonds is 6. The second-order valence-electron chi connectivity index (χ2n) is 4.12. The zero-order chi connectivity index (χ0) is 13.5. The lowest BCUT2D eigenvalue weighted by molar-refractivity contribution is -0.122. The number of carboxylic acids is 1. The van der Waals surface area contributed by atoms with E-state index in [1.807, 2.05) is 6.92 Å². The summed E-state index contributed by atoms with van der Waals surface area (Å²) in [5.41, 5.74) is 6.74. The number of nitrogens with two attached hydrogens (primary N) is 1. The molecule has 1 rings (SSSR count). The van der Waals surface area contributed by atoms with E-state index in [4.69, 9.17) is 10.8 Å².